The van der Waals surface area contributed by atoms with Crippen LogP contribution in [0.1, 0.15) is 40.8 Å². The smallest absolute Gasteiger partial charge is 0.227 e. The van der Waals surface area contributed by atoms with E-state index < -0.39 is 19.7 Å². The molecule has 0 saturated heterocycles. The Hall–Kier alpha value is -2.42. The lowest BCUT2D eigenvalue weighted by atomic mass is 10.00. The predicted molar refractivity (Wildman–Crippen MR) is 83.2 cm³/mol. The number of rotatable bonds is 1. The molecule has 0 radical (unpaired) electrons. The Bertz CT molecular complexity index is 1250. The zero-order chi connectivity index (χ0) is 21.1. The van der Waals surface area contributed by atoms with E-state index in [1.165, 1.54) is 6.07 Å². The van der Waals surface area contributed by atoms with E-state index in [0.29, 0.717) is 29.2 Å². The van der Waals surface area contributed by atoms with Crippen LogP contribution in [0.4, 0.5) is 0 Å². The lowest BCUT2D eigenvalue weighted by molar-refractivity contribution is 0.556. The highest BCUT2D eigenvalue weighted by atomic mass is 16.3. The van der Waals surface area contributed by atoms with Gasteiger partial charge in [0.2, 0.25) is 5.71 Å². The fraction of sp³-hybridized carbons (Fsp3) is 0.222. The van der Waals surface area contributed by atoms with Crippen LogP contribution in [-0.2, 0) is 0 Å². The first kappa shape index (κ1) is 6.56. The van der Waals surface area contributed by atoms with Gasteiger partial charge in [-0.3, -0.25) is 4.98 Å². The third-order valence-electron chi connectivity index (χ3n) is 3.53. The standard InChI is InChI=1S/C18H16N2O/c1-11-6-9-16(19-10-11)15-5-3-4-13-14-8-7-12(2)20-18(14)21-17(13)15/h4,6-10H,3,5H2,1-2H3/i1D3,2D3,6D,9D. The average Bonchev–Trinajstić information content (AvgIpc) is 3.00. The van der Waals surface area contributed by atoms with Crippen molar-refractivity contribution in [2.24, 2.45) is 0 Å². The molecule has 0 unspecified atom stereocenters. The number of furan rings is 1. The molecule has 0 spiro atoms. The maximum atomic E-state index is 8.28. The molecule has 0 aromatic carbocycles. The number of nitrogens with zero attached hydrogens (tertiary/aromatic N) is 2. The molecule has 21 heavy (non-hydrogen) atoms. The highest BCUT2D eigenvalue weighted by Crippen LogP contribution is 2.19. The molecule has 1 aliphatic carbocycles. The number of hydrogen-bond acceptors (Lipinski definition) is 3. The Balaban J connectivity index is 1.99. The molecule has 0 aliphatic heterocycles. The summed E-state index contributed by atoms with van der Waals surface area (Å²) in [6.07, 6.45) is 4.18. The van der Waals surface area contributed by atoms with Crippen molar-refractivity contribution in [2.45, 2.75) is 26.5 Å². The molecular formula is C18H16N2O. The van der Waals surface area contributed by atoms with Gasteiger partial charge in [-0.15, -0.1) is 0 Å². The summed E-state index contributed by atoms with van der Waals surface area (Å²) in [7, 11) is 0. The topological polar surface area (TPSA) is 38.9 Å². The zero-order valence-electron chi connectivity index (χ0n) is 19.0. The number of aromatic nitrogens is 2. The van der Waals surface area contributed by atoms with Crippen molar-refractivity contribution in [2.75, 3.05) is 0 Å². The van der Waals surface area contributed by atoms with E-state index in [9.17, 15) is 0 Å². The maximum absolute atomic E-state index is 8.28. The Morgan fingerprint density at radius 2 is 2.29 bits per heavy atom. The normalized spacial score (nSPS) is 20.9. The van der Waals surface area contributed by atoms with Crippen molar-refractivity contribution in [1.82, 2.24) is 9.97 Å². The fourth-order valence-electron chi connectivity index (χ4n) is 2.60. The van der Waals surface area contributed by atoms with E-state index >= 15 is 0 Å². The first-order chi connectivity index (χ1) is 13.5. The van der Waals surface area contributed by atoms with Gasteiger partial charge in [0.05, 0.1) is 8.44 Å². The molecule has 3 aromatic rings. The second-order valence-electron chi connectivity index (χ2n) is 4.89. The van der Waals surface area contributed by atoms with Crippen molar-refractivity contribution in [3.63, 3.8) is 0 Å². The molecule has 1 aliphatic rings. The minimum atomic E-state index is -2.52. The molecular weight excluding hydrogens is 260 g/mol. The van der Waals surface area contributed by atoms with Crippen LogP contribution in [0.15, 0.2) is 34.8 Å². The third-order valence-corrected chi connectivity index (χ3v) is 3.53. The van der Waals surface area contributed by atoms with Crippen LogP contribution in [0, 0.1) is 13.7 Å². The van der Waals surface area contributed by atoms with Crippen LogP contribution in [0.5, 0.6) is 0 Å². The van der Waals surface area contributed by atoms with Gasteiger partial charge >= 0.3 is 0 Å². The van der Waals surface area contributed by atoms with Gasteiger partial charge in [-0.25, -0.2) is 4.98 Å². The molecule has 104 valence electrons. The van der Waals surface area contributed by atoms with Crippen LogP contribution >= 0.6 is 0 Å². The molecule has 0 atom stereocenters. The first-order valence-electron chi connectivity index (χ1n) is 10.6. The molecule has 0 fully saturated rings. The summed E-state index contributed by atoms with van der Waals surface area (Å²) in [4.78, 5) is 8.29. The highest BCUT2D eigenvalue weighted by molar-refractivity contribution is 5.78. The summed E-state index contributed by atoms with van der Waals surface area (Å²) in [5.41, 5.74) is 1.01. The monoisotopic (exact) mass is 284 g/mol. The van der Waals surface area contributed by atoms with Crippen LogP contribution in [0.3, 0.4) is 0 Å². The van der Waals surface area contributed by atoms with Gasteiger partial charge in [-0.05, 0) is 50.3 Å². The number of pyridine rings is 2. The van der Waals surface area contributed by atoms with Gasteiger partial charge in [0.1, 0.15) is 5.42 Å². The van der Waals surface area contributed by atoms with Crippen LogP contribution in [0.25, 0.3) is 22.7 Å². The minimum Gasteiger partial charge on any atom is -0.437 e. The molecule has 0 bridgehead atoms. The Morgan fingerprint density at radius 3 is 3.19 bits per heavy atom. The van der Waals surface area contributed by atoms with E-state index in [4.69, 9.17) is 15.4 Å². The number of aryl methyl sites for hydroxylation is 2. The summed E-state index contributed by atoms with van der Waals surface area (Å²) in [6.45, 7) is -4.89. The first-order valence-corrected chi connectivity index (χ1v) is 6.59. The van der Waals surface area contributed by atoms with Gasteiger partial charge in [0.15, 0.2) is 0 Å². The molecule has 3 heterocycles. The number of fused-ring (bicyclic) bond motifs is 3. The number of hydrogen-bond donors (Lipinski definition) is 0. The molecule has 0 saturated carbocycles. The second kappa shape index (κ2) is 4.55. The SMILES string of the molecule is [2H]c1c(C([2H])([2H])[2H])cnc(C2=c3oc4nc(C([2H])([2H])[2H])ccc4c3=CCC2)c1[2H]. The van der Waals surface area contributed by atoms with Gasteiger partial charge < -0.3 is 4.42 Å². The zero-order valence-corrected chi connectivity index (χ0v) is 11.0. The molecule has 3 nitrogen and oxygen atoms in total. The predicted octanol–water partition coefficient (Wildman–Crippen LogP) is 2.61. The van der Waals surface area contributed by atoms with Crippen LogP contribution < -0.4 is 10.6 Å². The van der Waals surface area contributed by atoms with Gasteiger partial charge in [-0.2, -0.15) is 0 Å². The summed E-state index contributed by atoms with van der Waals surface area (Å²) in [5.74, 6) is 0. The summed E-state index contributed by atoms with van der Waals surface area (Å²) in [5, 5.41) is 1.39. The van der Waals surface area contributed by atoms with Crippen LogP contribution in [-0.4, -0.2) is 9.97 Å². The largest absolute Gasteiger partial charge is 0.437 e. The minimum absolute atomic E-state index is 0.0765. The summed E-state index contributed by atoms with van der Waals surface area (Å²) < 4.78 is 67.3. The Kier molecular flexibility index (Phi) is 1.42. The van der Waals surface area contributed by atoms with E-state index in [2.05, 4.69) is 9.97 Å². The molecule has 0 amide bonds. The van der Waals surface area contributed by atoms with E-state index in [1.807, 2.05) is 6.08 Å². The van der Waals surface area contributed by atoms with Crippen molar-refractivity contribution in [3.05, 3.63) is 58.0 Å². The Labute approximate surface area is 133 Å². The van der Waals surface area contributed by atoms with Gasteiger partial charge in [0, 0.05) is 36.3 Å². The second-order valence-corrected chi connectivity index (χ2v) is 4.89. The molecule has 4 rings (SSSR count). The highest BCUT2D eigenvalue weighted by Gasteiger charge is 2.14. The average molecular weight is 284 g/mol. The summed E-state index contributed by atoms with van der Waals surface area (Å²) >= 11 is 0. The van der Waals surface area contributed by atoms with Crippen molar-refractivity contribution >= 4 is 22.7 Å². The summed E-state index contributed by atoms with van der Waals surface area (Å²) in [6, 6.07) is 2.42. The molecule has 0 N–H and O–H groups in total. The maximum Gasteiger partial charge on any atom is 0.227 e. The molecule has 3 heteroatoms. The Morgan fingerprint density at radius 1 is 1.29 bits per heavy atom. The van der Waals surface area contributed by atoms with Crippen molar-refractivity contribution in [1.29, 1.82) is 0 Å². The van der Waals surface area contributed by atoms with Gasteiger partial charge in [-0.1, -0.05) is 12.1 Å². The quantitative estimate of drug-likeness (QED) is 0.689. The van der Waals surface area contributed by atoms with Gasteiger partial charge in [0.25, 0.3) is 0 Å². The lowest BCUT2D eigenvalue weighted by Crippen LogP contribution is -2.26. The fourth-order valence-corrected chi connectivity index (χ4v) is 2.60. The van der Waals surface area contributed by atoms with Crippen molar-refractivity contribution in [3.8, 4) is 0 Å². The van der Waals surface area contributed by atoms with E-state index in [-0.39, 0.29) is 28.7 Å². The molecule has 3 aromatic heterocycles. The lowest BCUT2D eigenvalue weighted by Gasteiger charge is -2.07. The van der Waals surface area contributed by atoms with Crippen molar-refractivity contribution < 1.29 is 15.4 Å². The van der Waals surface area contributed by atoms with Crippen LogP contribution in [0.2, 0.25) is 0 Å². The van der Waals surface area contributed by atoms with E-state index in [0.717, 1.165) is 11.4 Å². The van der Waals surface area contributed by atoms with E-state index in [1.54, 1.807) is 6.07 Å². The third kappa shape index (κ3) is 1.97.